The fraction of sp³-hybridized carbons (Fsp3) is 0.167. The summed E-state index contributed by atoms with van der Waals surface area (Å²) in [7, 11) is 0. The highest BCUT2D eigenvalue weighted by Crippen LogP contribution is 2.09. The van der Waals surface area contributed by atoms with E-state index < -0.39 is 0 Å². The van der Waals surface area contributed by atoms with Gasteiger partial charge in [0.2, 0.25) is 0 Å². The zero-order valence-corrected chi connectivity index (χ0v) is 10.3. The number of anilines is 1. The first kappa shape index (κ1) is 11.4. The van der Waals surface area contributed by atoms with Gasteiger partial charge in [0.15, 0.2) is 5.65 Å². The molecule has 3 rings (SSSR count). The van der Waals surface area contributed by atoms with Crippen molar-refractivity contribution >= 4 is 11.5 Å². The number of fused-ring (bicyclic) bond motifs is 1. The van der Waals surface area contributed by atoms with Crippen LogP contribution >= 0.6 is 0 Å². The van der Waals surface area contributed by atoms with Crippen LogP contribution in [0, 0.1) is 6.92 Å². The van der Waals surface area contributed by atoms with Crippen LogP contribution in [0.25, 0.3) is 5.65 Å². The van der Waals surface area contributed by atoms with Gasteiger partial charge in [0.25, 0.3) is 0 Å². The lowest BCUT2D eigenvalue weighted by Crippen LogP contribution is -2.14. The Hall–Kier alpha value is -2.70. The molecule has 0 atom stereocenters. The third kappa shape index (κ3) is 2.17. The van der Waals surface area contributed by atoms with E-state index in [1.54, 1.807) is 25.4 Å². The molecule has 2 N–H and O–H groups in total. The van der Waals surface area contributed by atoms with Crippen molar-refractivity contribution in [3.8, 4) is 0 Å². The number of hydrogen-bond acceptors (Lipinski definition) is 5. The molecule has 7 nitrogen and oxygen atoms in total. The van der Waals surface area contributed by atoms with Crippen LogP contribution in [0.4, 0.5) is 5.82 Å². The summed E-state index contributed by atoms with van der Waals surface area (Å²) in [6, 6.07) is 5.58. The van der Waals surface area contributed by atoms with E-state index in [1.165, 1.54) is 4.40 Å². The number of nitrogens with one attached hydrogen (secondary N) is 2. The van der Waals surface area contributed by atoms with Gasteiger partial charge in [0.1, 0.15) is 11.6 Å². The molecule has 3 aromatic heterocycles. The summed E-state index contributed by atoms with van der Waals surface area (Å²) >= 11 is 0. The van der Waals surface area contributed by atoms with E-state index in [0.717, 1.165) is 5.56 Å². The first-order valence-corrected chi connectivity index (χ1v) is 5.81. The van der Waals surface area contributed by atoms with E-state index in [2.05, 4.69) is 25.5 Å². The van der Waals surface area contributed by atoms with Gasteiger partial charge in [-0.1, -0.05) is 0 Å². The lowest BCUT2D eigenvalue weighted by molar-refractivity contribution is 0.931. The van der Waals surface area contributed by atoms with E-state index in [0.29, 0.717) is 23.8 Å². The van der Waals surface area contributed by atoms with E-state index in [4.69, 9.17) is 0 Å². The summed E-state index contributed by atoms with van der Waals surface area (Å²) < 4.78 is 1.43. The molecule has 3 aromatic rings. The first-order valence-electron chi connectivity index (χ1n) is 5.81. The highest BCUT2D eigenvalue weighted by molar-refractivity contribution is 5.49. The zero-order chi connectivity index (χ0) is 13.2. The van der Waals surface area contributed by atoms with Crippen molar-refractivity contribution in [2.45, 2.75) is 13.5 Å². The van der Waals surface area contributed by atoms with Gasteiger partial charge in [0.05, 0.1) is 0 Å². The smallest absolute Gasteiger partial charge is 0.349 e. The standard InChI is InChI=1S/C12H12N6O/c1-8-15-10(6-11-16-17-12(19)18(8)11)14-7-9-2-4-13-5-3-9/h2-6,14H,7H2,1H3,(H,17,19). The number of aromatic amines is 1. The highest BCUT2D eigenvalue weighted by atomic mass is 16.1. The predicted molar refractivity (Wildman–Crippen MR) is 69.9 cm³/mol. The van der Waals surface area contributed by atoms with Gasteiger partial charge in [-0.05, 0) is 24.6 Å². The van der Waals surface area contributed by atoms with E-state index >= 15 is 0 Å². The molecule has 0 amide bonds. The second kappa shape index (κ2) is 4.52. The van der Waals surface area contributed by atoms with Crippen molar-refractivity contribution in [1.82, 2.24) is 24.6 Å². The lowest BCUT2D eigenvalue weighted by Gasteiger charge is -2.06. The number of hydrogen-bond donors (Lipinski definition) is 2. The number of aromatic nitrogens is 5. The van der Waals surface area contributed by atoms with Gasteiger partial charge in [-0.15, -0.1) is 0 Å². The van der Waals surface area contributed by atoms with Gasteiger partial charge >= 0.3 is 5.69 Å². The minimum atomic E-state index is -0.277. The molecule has 0 saturated carbocycles. The van der Waals surface area contributed by atoms with Crippen LogP contribution in [-0.4, -0.2) is 24.6 Å². The predicted octanol–water partition coefficient (Wildman–Crippen LogP) is 0.733. The topological polar surface area (TPSA) is 88.0 Å². The van der Waals surface area contributed by atoms with Crippen LogP contribution in [0.2, 0.25) is 0 Å². The second-order valence-electron chi connectivity index (χ2n) is 4.12. The van der Waals surface area contributed by atoms with Gasteiger partial charge < -0.3 is 5.32 Å². The normalized spacial score (nSPS) is 10.8. The van der Waals surface area contributed by atoms with Crippen LogP contribution < -0.4 is 11.0 Å². The molecule has 3 heterocycles. The van der Waals surface area contributed by atoms with Crippen LogP contribution in [-0.2, 0) is 6.54 Å². The van der Waals surface area contributed by atoms with Gasteiger partial charge in [-0.25, -0.2) is 19.3 Å². The Morgan fingerprint density at radius 2 is 2.16 bits per heavy atom. The van der Waals surface area contributed by atoms with Crippen molar-refractivity contribution in [3.63, 3.8) is 0 Å². The fourth-order valence-electron chi connectivity index (χ4n) is 1.88. The third-order valence-corrected chi connectivity index (χ3v) is 2.79. The lowest BCUT2D eigenvalue weighted by atomic mass is 10.3. The van der Waals surface area contributed by atoms with E-state index in [-0.39, 0.29) is 5.69 Å². The Balaban J connectivity index is 1.88. The van der Waals surface area contributed by atoms with Crippen LogP contribution in [0.3, 0.4) is 0 Å². The maximum Gasteiger partial charge on any atom is 0.349 e. The quantitative estimate of drug-likeness (QED) is 0.721. The number of nitrogens with zero attached hydrogens (tertiary/aromatic N) is 4. The third-order valence-electron chi connectivity index (χ3n) is 2.79. The minimum absolute atomic E-state index is 0.277. The van der Waals surface area contributed by atoms with Gasteiger partial charge in [-0.2, -0.15) is 5.10 Å². The Morgan fingerprint density at radius 3 is 2.95 bits per heavy atom. The van der Waals surface area contributed by atoms with Crippen molar-refractivity contribution in [2.75, 3.05) is 5.32 Å². The van der Waals surface area contributed by atoms with Crippen LogP contribution in [0.15, 0.2) is 35.4 Å². The largest absolute Gasteiger partial charge is 0.366 e. The minimum Gasteiger partial charge on any atom is -0.366 e. The molecule has 96 valence electrons. The van der Waals surface area contributed by atoms with Crippen LogP contribution in [0.1, 0.15) is 11.4 Å². The second-order valence-corrected chi connectivity index (χ2v) is 4.12. The van der Waals surface area contributed by atoms with E-state index in [1.807, 2.05) is 12.1 Å². The maximum absolute atomic E-state index is 11.5. The summed E-state index contributed by atoms with van der Waals surface area (Å²) in [6.45, 7) is 2.40. The molecule has 0 fully saturated rings. The highest BCUT2D eigenvalue weighted by Gasteiger charge is 2.06. The zero-order valence-electron chi connectivity index (χ0n) is 10.3. The average molecular weight is 256 g/mol. The SMILES string of the molecule is Cc1nc(NCc2ccncc2)cc2n[nH]c(=O)n12. The van der Waals surface area contributed by atoms with Gasteiger partial charge in [0, 0.05) is 25.0 Å². The number of pyridine rings is 1. The maximum atomic E-state index is 11.5. The van der Waals surface area contributed by atoms with Crippen molar-refractivity contribution in [3.05, 3.63) is 52.5 Å². The Morgan fingerprint density at radius 1 is 1.37 bits per heavy atom. The fourth-order valence-corrected chi connectivity index (χ4v) is 1.88. The van der Waals surface area contributed by atoms with Crippen LogP contribution in [0.5, 0.6) is 0 Å². The monoisotopic (exact) mass is 256 g/mol. The molecular weight excluding hydrogens is 244 g/mol. The van der Waals surface area contributed by atoms with Crippen molar-refractivity contribution < 1.29 is 0 Å². The average Bonchev–Trinajstić information content (AvgIpc) is 2.80. The molecule has 0 bridgehead atoms. The Bertz CT molecular complexity index is 761. The Kier molecular flexibility index (Phi) is 2.71. The number of H-pyrrole nitrogens is 1. The van der Waals surface area contributed by atoms with E-state index in [9.17, 15) is 4.79 Å². The molecule has 0 aromatic carbocycles. The molecule has 0 saturated heterocycles. The molecule has 7 heteroatoms. The molecule has 0 aliphatic heterocycles. The molecule has 0 spiro atoms. The molecule has 0 aliphatic carbocycles. The molecule has 0 aliphatic rings. The molecule has 19 heavy (non-hydrogen) atoms. The summed E-state index contributed by atoms with van der Waals surface area (Å²) in [5.41, 5.74) is 1.38. The summed E-state index contributed by atoms with van der Waals surface area (Å²) in [6.07, 6.45) is 3.48. The summed E-state index contributed by atoms with van der Waals surface area (Å²) in [5.74, 6) is 1.27. The van der Waals surface area contributed by atoms with Crippen molar-refractivity contribution in [1.29, 1.82) is 0 Å². The first-order chi connectivity index (χ1) is 9.24. The molecule has 0 radical (unpaired) electrons. The Labute approximate surface area is 108 Å². The van der Waals surface area contributed by atoms with Crippen molar-refractivity contribution in [2.24, 2.45) is 0 Å². The molecule has 0 unspecified atom stereocenters. The summed E-state index contributed by atoms with van der Waals surface area (Å²) in [5, 5.41) is 9.52. The molecular formula is C12H12N6O. The summed E-state index contributed by atoms with van der Waals surface area (Å²) in [4.78, 5) is 19.8. The van der Waals surface area contributed by atoms with Gasteiger partial charge in [-0.3, -0.25) is 4.98 Å². The number of aryl methyl sites for hydroxylation is 1. The number of rotatable bonds is 3.